The van der Waals surface area contributed by atoms with Crippen LogP contribution in [0.4, 0.5) is 0 Å². The molecule has 2 N–H and O–H groups in total. The number of carbonyl (C=O) groups excluding carboxylic acids is 1. The molecule has 0 spiro atoms. The SMILES string of the molecule is CCCCCCCOC(=O)/C=C\c1c[nH]c(=O)[nH]1. The summed E-state index contributed by atoms with van der Waals surface area (Å²) < 4.78 is 5.02. The Morgan fingerprint density at radius 3 is 2.78 bits per heavy atom. The van der Waals surface area contributed by atoms with Gasteiger partial charge >= 0.3 is 11.7 Å². The first-order valence-corrected chi connectivity index (χ1v) is 6.35. The molecule has 1 aromatic heterocycles. The van der Waals surface area contributed by atoms with Crippen molar-refractivity contribution in [3.05, 3.63) is 28.5 Å². The van der Waals surface area contributed by atoms with E-state index in [9.17, 15) is 9.59 Å². The summed E-state index contributed by atoms with van der Waals surface area (Å²) in [7, 11) is 0. The van der Waals surface area contributed by atoms with Gasteiger partial charge in [-0.15, -0.1) is 0 Å². The van der Waals surface area contributed by atoms with E-state index in [1.165, 1.54) is 37.6 Å². The molecule has 1 rings (SSSR count). The second-order valence-electron chi connectivity index (χ2n) is 4.11. The normalized spacial score (nSPS) is 10.9. The van der Waals surface area contributed by atoms with E-state index in [-0.39, 0.29) is 11.7 Å². The summed E-state index contributed by atoms with van der Waals surface area (Å²) in [4.78, 5) is 27.0. The zero-order valence-electron chi connectivity index (χ0n) is 10.7. The van der Waals surface area contributed by atoms with Crippen molar-refractivity contribution in [1.82, 2.24) is 9.97 Å². The Labute approximate surface area is 106 Å². The van der Waals surface area contributed by atoms with Gasteiger partial charge < -0.3 is 14.7 Å². The number of esters is 1. The standard InChI is InChI=1S/C13H20N2O3/c1-2-3-4-5-6-9-18-12(16)8-7-11-10-14-13(17)15-11/h7-8,10H,2-6,9H2,1H3,(H2,14,15,17)/b8-7-. The summed E-state index contributed by atoms with van der Waals surface area (Å²) in [5, 5.41) is 0. The van der Waals surface area contributed by atoms with Gasteiger partial charge in [0.25, 0.3) is 0 Å². The number of carbonyl (C=O) groups is 1. The van der Waals surface area contributed by atoms with Gasteiger partial charge in [-0.3, -0.25) is 0 Å². The van der Waals surface area contributed by atoms with Crippen molar-refractivity contribution in [2.75, 3.05) is 6.61 Å². The van der Waals surface area contributed by atoms with Crippen LogP contribution in [-0.4, -0.2) is 22.5 Å². The lowest BCUT2D eigenvalue weighted by molar-refractivity contribution is -0.137. The van der Waals surface area contributed by atoms with E-state index in [0.717, 1.165) is 12.8 Å². The number of aromatic nitrogens is 2. The lowest BCUT2D eigenvalue weighted by Crippen LogP contribution is -2.02. The summed E-state index contributed by atoms with van der Waals surface area (Å²) >= 11 is 0. The predicted molar refractivity (Wildman–Crippen MR) is 70.2 cm³/mol. The topological polar surface area (TPSA) is 75.0 Å². The number of unbranched alkanes of at least 4 members (excludes halogenated alkanes) is 4. The summed E-state index contributed by atoms with van der Waals surface area (Å²) in [6.07, 6.45) is 9.94. The maximum Gasteiger partial charge on any atom is 0.330 e. The number of imidazole rings is 1. The molecule has 5 nitrogen and oxygen atoms in total. The first kappa shape index (κ1) is 14.3. The number of H-pyrrole nitrogens is 2. The summed E-state index contributed by atoms with van der Waals surface area (Å²) in [5.41, 5.74) is 0.263. The Kier molecular flexibility index (Phi) is 6.61. The highest BCUT2D eigenvalue weighted by Crippen LogP contribution is 2.02. The van der Waals surface area contributed by atoms with Gasteiger partial charge in [0, 0.05) is 12.3 Å². The van der Waals surface area contributed by atoms with Crippen molar-refractivity contribution in [2.45, 2.75) is 39.0 Å². The number of hydrogen-bond donors (Lipinski definition) is 2. The van der Waals surface area contributed by atoms with Crippen molar-refractivity contribution in [1.29, 1.82) is 0 Å². The first-order chi connectivity index (χ1) is 8.72. The predicted octanol–water partition coefficient (Wildman–Crippen LogP) is 2.23. The van der Waals surface area contributed by atoms with Crippen LogP contribution in [0.15, 0.2) is 17.1 Å². The van der Waals surface area contributed by atoms with E-state index in [1.807, 2.05) is 0 Å². The largest absolute Gasteiger partial charge is 0.463 e. The third kappa shape index (κ3) is 6.08. The van der Waals surface area contributed by atoms with Crippen LogP contribution in [0.3, 0.4) is 0 Å². The Morgan fingerprint density at radius 1 is 1.33 bits per heavy atom. The Morgan fingerprint density at radius 2 is 2.11 bits per heavy atom. The summed E-state index contributed by atoms with van der Waals surface area (Å²) in [6.45, 7) is 2.62. The fraction of sp³-hybridized carbons (Fsp3) is 0.538. The van der Waals surface area contributed by atoms with Crippen LogP contribution in [0, 0.1) is 0 Å². The molecule has 0 aromatic carbocycles. The van der Waals surface area contributed by atoms with Crippen LogP contribution in [0.25, 0.3) is 6.08 Å². The van der Waals surface area contributed by atoms with Crippen LogP contribution < -0.4 is 5.69 Å². The number of aromatic amines is 2. The van der Waals surface area contributed by atoms with Crippen molar-refractivity contribution in [2.24, 2.45) is 0 Å². The average Bonchev–Trinajstić information content (AvgIpc) is 2.77. The molecule has 0 aliphatic heterocycles. The summed E-state index contributed by atoms with van der Waals surface area (Å²) in [5.74, 6) is -0.382. The summed E-state index contributed by atoms with van der Waals surface area (Å²) in [6, 6.07) is 0. The molecule has 0 unspecified atom stereocenters. The molecule has 0 amide bonds. The maximum atomic E-state index is 11.3. The average molecular weight is 252 g/mol. The van der Waals surface area contributed by atoms with Gasteiger partial charge in [-0.25, -0.2) is 9.59 Å². The molecule has 5 heteroatoms. The second kappa shape index (κ2) is 8.33. The molecular formula is C13H20N2O3. The minimum absolute atomic E-state index is 0.293. The number of nitrogens with one attached hydrogen (secondary N) is 2. The molecule has 0 atom stereocenters. The van der Waals surface area contributed by atoms with Crippen molar-refractivity contribution >= 4 is 12.0 Å². The zero-order valence-corrected chi connectivity index (χ0v) is 10.7. The minimum Gasteiger partial charge on any atom is -0.463 e. The van der Waals surface area contributed by atoms with Crippen LogP contribution in [0.5, 0.6) is 0 Å². The molecule has 0 saturated carbocycles. The quantitative estimate of drug-likeness (QED) is 0.423. The number of hydrogen-bond acceptors (Lipinski definition) is 3. The fourth-order valence-electron chi connectivity index (χ4n) is 1.52. The van der Waals surface area contributed by atoms with E-state index in [4.69, 9.17) is 4.74 Å². The highest BCUT2D eigenvalue weighted by Gasteiger charge is 1.97. The Balaban J connectivity index is 2.14. The molecule has 0 aliphatic carbocycles. The molecule has 0 aliphatic rings. The zero-order chi connectivity index (χ0) is 13.2. The molecule has 0 bridgehead atoms. The van der Waals surface area contributed by atoms with Gasteiger partial charge in [-0.05, 0) is 12.5 Å². The monoisotopic (exact) mass is 252 g/mol. The fourth-order valence-corrected chi connectivity index (χ4v) is 1.52. The molecule has 18 heavy (non-hydrogen) atoms. The Bertz CT molecular complexity index is 431. The molecule has 0 radical (unpaired) electrons. The first-order valence-electron chi connectivity index (χ1n) is 6.35. The highest BCUT2D eigenvalue weighted by molar-refractivity contribution is 5.86. The highest BCUT2D eigenvalue weighted by atomic mass is 16.5. The van der Waals surface area contributed by atoms with Gasteiger partial charge in [-0.2, -0.15) is 0 Å². The van der Waals surface area contributed by atoms with Gasteiger partial charge in [0.05, 0.1) is 12.3 Å². The molecule has 1 aromatic rings. The number of ether oxygens (including phenoxy) is 1. The van der Waals surface area contributed by atoms with Crippen LogP contribution in [-0.2, 0) is 9.53 Å². The third-order valence-corrected chi connectivity index (χ3v) is 2.51. The molecule has 0 saturated heterocycles. The van der Waals surface area contributed by atoms with Crippen molar-refractivity contribution in [3.8, 4) is 0 Å². The maximum absolute atomic E-state index is 11.3. The van der Waals surface area contributed by atoms with E-state index >= 15 is 0 Å². The van der Waals surface area contributed by atoms with Gasteiger partial charge in [0.1, 0.15) is 0 Å². The molecule has 0 fully saturated rings. The Hall–Kier alpha value is -1.78. The van der Waals surface area contributed by atoms with Gasteiger partial charge in [-0.1, -0.05) is 32.6 Å². The smallest absolute Gasteiger partial charge is 0.330 e. The minimum atomic E-state index is -0.382. The van der Waals surface area contributed by atoms with E-state index in [2.05, 4.69) is 16.9 Å². The lowest BCUT2D eigenvalue weighted by atomic mass is 10.2. The second-order valence-corrected chi connectivity index (χ2v) is 4.11. The van der Waals surface area contributed by atoms with Crippen molar-refractivity contribution < 1.29 is 9.53 Å². The van der Waals surface area contributed by atoms with Crippen LogP contribution in [0.1, 0.15) is 44.7 Å². The van der Waals surface area contributed by atoms with Gasteiger partial charge in [0.2, 0.25) is 0 Å². The van der Waals surface area contributed by atoms with Crippen molar-refractivity contribution in [3.63, 3.8) is 0 Å². The molecule has 100 valence electrons. The molecular weight excluding hydrogens is 232 g/mol. The molecule has 1 heterocycles. The van der Waals surface area contributed by atoms with E-state index in [1.54, 1.807) is 0 Å². The van der Waals surface area contributed by atoms with Crippen LogP contribution >= 0.6 is 0 Å². The van der Waals surface area contributed by atoms with E-state index in [0.29, 0.717) is 12.3 Å². The van der Waals surface area contributed by atoms with Crippen LogP contribution in [0.2, 0.25) is 0 Å². The lowest BCUT2D eigenvalue weighted by Gasteiger charge is -2.01. The van der Waals surface area contributed by atoms with E-state index < -0.39 is 0 Å². The third-order valence-electron chi connectivity index (χ3n) is 2.51. The number of rotatable bonds is 8. The van der Waals surface area contributed by atoms with Gasteiger partial charge in [0.15, 0.2) is 0 Å².